The lowest BCUT2D eigenvalue weighted by atomic mass is 10.4. The third kappa shape index (κ3) is 3.10. The first-order valence-electron chi connectivity index (χ1n) is 6.06. The van der Waals surface area contributed by atoms with E-state index in [0.29, 0.717) is 5.02 Å². The molecule has 0 aliphatic carbocycles. The van der Waals surface area contributed by atoms with Crippen molar-refractivity contribution in [2.24, 2.45) is 0 Å². The molecular formula is C11H12Cl3NO5S2. The van der Waals surface area contributed by atoms with Crippen LogP contribution in [0.2, 0.25) is 5.02 Å². The van der Waals surface area contributed by atoms with Gasteiger partial charge in [0.1, 0.15) is 0 Å². The van der Waals surface area contributed by atoms with Crippen LogP contribution in [0.3, 0.4) is 0 Å². The summed E-state index contributed by atoms with van der Waals surface area (Å²) in [4.78, 5) is -0.335. The van der Waals surface area contributed by atoms with Crippen molar-refractivity contribution in [3.8, 4) is 0 Å². The maximum Gasteiger partial charge on any atom is 0.337 e. The van der Waals surface area contributed by atoms with Crippen molar-refractivity contribution in [1.82, 2.24) is 4.31 Å². The monoisotopic (exact) mass is 407 g/mol. The zero-order valence-corrected chi connectivity index (χ0v) is 15.0. The van der Waals surface area contributed by atoms with Crippen molar-refractivity contribution in [2.75, 3.05) is 26.3 Å². The molecule has 0 amide bonds. The number of sulfone groups is 1. The fourth-order valence-electron chi connectivity index (χ4n) is 1.83. The average Bonchev–Trinajstić information content (AvgIpc) is 2.48. The summed E-state index contributed by atoms with van der Waals surface area (Å²) in [6, 6.07) is 4.90. The Bertz CT molecular complexity index is 740. The molecule has 0 saturated carbocycles. The lowest BCUT2D eigenvalue weighted by Crippen LogP contribution is -2.50. The van der Waals surface area contributed by atoms with Crippen molar-refractivity contribution >= 4 is 54.7 Å². The Hall–Kier alpha value is -0.0900. The Morgan fingerprint density at radius 2 is 1.50 bits per heavy atom. The molecule has 0 aromatic heterocycles. The summed E-state index contributed by atoms with van der Waals surface area (Å²) >= 11 is 17.3. The summed E-state index contributed by atoms with van der Waals surface area (Å²) in [5, 5.41) is 0.296. The number of halogens is 3. The highest BCUT2D eigenvalue weighted by molar-refractivity contribution is 8.13. The molecule has 1 aromatic rings. The van der Waals surface area contributed by atoms with Crippen molar-refractivity contribution in [3.05, 3.63) is 29.3 Å². The van der Waals surface area contributed by atoms with E-state index in [-0.39, 0.29) is 31.2 Å². The van der Waals surface area contributed by atoms with Gasteiger partial charge < -0.3 is 4.74 Å². The van der Waals surface area contributed by atoms with Crippen LogP contribution in [0.25, 0.3) is 0 Å². The minimum atomic E-state index is -4.56. The van der Waals surface area contributed by atoms with Crippen LogP contribution in [0.4, 0.5) is 0 Å². The lowest BCUT2D eigenvalue weighted by molar-refractivity contribution is 0.0730. The number of ether oxygens (including phenoxy) is 1. The molecule has 0 N–H and O–H groups in total. The van der Waals surface area contributed by atoms with Crippen LogP contribution in [0, 0.1) is 0 Å². The van der Waals surface area contributed by atoms with Gasteiger partial charge in [0.2, 0.25) is 9.84 Å². The van der Waals surface area contributed by atoms with Gasteiger partial charge in [-0.05, 0) is 24.3 Å². The molecule has 1 saturated heterocycles. The number of nitrogens with zero attached hydrogens (tertiary/aromatic N) is 1. The van der Waals surface area contributed by atoms with E-state index < -0.39 is 22.9 Å². The van der Waals surface area contributed by atoms with Gasteiger partial charge in [0.25, 0.3) is 10.0 Å². The molecular weight excluding hydrogens is 397 g/mol. The number of hydrogen-bond donors (Lipinski definition) is 0. The molecule has 1 aliphatic heterocycles. The van der Waals surface area contributed by atoms with E-state index in [9.17, 15) is 16.8 Å². The smallest absolute Gasteiger partial charge is 0.337 e. The van der Waals surface area contributed by atoms with Crippen molar-refractivity contribution < 1.29 is 21.6 Å². The van der Waals surface area contributed by atoms with E-state index in [2.05, 4.69) is 0 Å². The third-order valence-electron chi connectivity index (χ3n) is 3.05. The number of sulfonamides is 1. The number of rotatable bonds is 4. The summed E-state index contributed by atoms with van der Waals surface area (Å²) in [5.41, 5.74) is 0. The Morgan fingerprint density at radius 3 is 2.00 bits per heavy atom. The maximum atomic E-state index is 12.5. The van der Waals surface area contributed by atoms with E-state index in [1.165, 1.54) is 12.1 Å². The van der Waals surface area contributed by atoms with Gasteiger partial charge in [-0.15, -0.1) is 0 Å². The summed E-state index contributed by atoms with van der Waals surface area (Å²) < 4.78 is 52.9. The zero-order chi connectivity index (χ0) is 16.6. The molecule has 0 radical (unpaired) electrons. The second-order valence-corrected chi connectivity index (χ2v) is 11.5. The van der Waals surface area contributed by atoms with Gasteiger partial charge in [-0.3, -0.25) is 0 Å². The normalized spacial score (nSPS) is 18.3. The van der Waals surface area contributed by atoms with Crippen molar-refractivity contribution in [3.63, 3.8) is 0 Å². The molecule has 0 bridgehead atoms. The Morgan fingerprint density at radius 1 is 1.00 bits per heavy atom. The summed E-state index contributed by atoms with van der Waals surface area (Å²) in [6.07, 6.45) is 0. The highest BCUT2D eigenvalue weighted by Crippen LogP contribution is 2.41. The van der Waals surface area contributed by atoms with Crippen LogP contribution in [-0.2, 0) is 24.6 Å². The molecule has 1 aromatic carbocycles. The summed E-state index contributed by atoms with van der Waals surface area (Å²) in [5.74, 6) is 0. The highest BCUT2D eigenvalue weighted by atomic mass is 35.5. The maximum absolute atomic E-state index is 12.5. The number of morpholine rings is 1. The zero-order valence-electron chi connectivity index (χ0n) is 11.1. The molecule has 2 rings (SSSR count). The van der Waals surface area contributed by atoms with E-state index in [4.69, 9.17) is 39.5 Å². The molecule has 1 heterocycles. The molecule has 1 fully saturated rings. The van der Waals surface area contributed by atoms with Crippen molar-refractivity contribution in [1.29, 1.82) is 0 Å². The predicted molar refractivity (Wildman–Crippen MR) is 84.4 cm³/mol. The number of alkyl halides is 2. The number of benzene rings is 1. The fraction of sp³-hybridized carbons (Fsp3) is 0.455. The van der Waals surface area contributed by atoms with E-state index in [1.54, 1.807) is 0 Å². The minimum absolute atomic E-state index is 0.0142. The molecule has 22 heavy (non-hydrogen) atoms. The number of hydrogen-bond acceptors (Lipinski definition) is 5. The molecule has 1 aliphatic rings. The van der Waals surface area contributed by atoms with Gasteiger partial charge in [-0.1, -0.05) is 34.8 Å². The molecule has 6 nitrogen and oxygen atoms in total. The summed E-state index contributed by atoms with van der Waals surface area (Å²) in [6.45, 7) is 0.257. The van der Waals surface area contributed by atoms with Gasteiger partial charge in [-0.25, -0.2) is 16.8 Å². The Labute approximate surface area is 143 Å². The topological polar surface area (TPSA) is 80.8 Å². The molecule has 0 atom stereocenters. The van der Waals surface area contributed by atoms with Gasteiger partial charge >= 0.3 is 3.00 Å². The SMILES string of the molecule is O=S(=O)(c1ccc(Cl)cc1)C(Cl)(Cl)S(=O)(=O)N1CCOCC1. The molecule has 0 spiro atoms. The minimum Gasteiger partial charge on any atom is -0.379 e. The van der Waals surface area contributed by atoms with Gasteiger partial charge in [-0.2, -0.15) is 4.31 Å². The van der Waals surface area contributed by atoms with E-state index >= 15 is 0 Å². The van der Waals surface area contributed by atoms with Crippen LogP contribution in [0.1, 0.15) is 0 Å². The molecule has 0 unspecified atom stereocenters. The molecule has 11 heteroatoms. The first kappa shape index (κ1) is 18.3. The first-order chi connectivity index (χ1) is 10.1. The van der Waals surface area contributed by atoms with Crippen molar-refractivity contribution in [2.45, 2.75) is 7.89 Å². The van der Waals surface area contributed by atoms with Crippen LogP contribution >= 0.6 is 34.8 Å². The highest BCUT2D eigenvalue weighted by Gasteiger charge is 2.56. The van der Waals surface area contributed by atoms with Crippen LogP contribution in [0.15, 0.2) is 29.2 Å². The fourth-order valence-corrected chi connectivity index (χ4v) is 6.49. The average molecular weight is 409 g/mol. The van der Waals surface area contributed by atoms with Crippen LogP contribution in [-0.4, -0.2) is 50.4 Å². The molecule has 124 valence electrons. The van der Waals surface area contributed by atoms with E-state index in [0.717, 1.165) is 16.4 Å². The first-order valence-corrected chi connectivity index (χ1v) is 10.1. The van der Waals surface area contributed by atoms with Gasteiger partial charge in [0.05, 0.1) is 18.1 Å². The van der Waals surface area contributed by atoms with Gasteiger partial charge in [0, 0.05) is 18.1 Å². The van der Waals surface area contributed by atoms with E-state index in [1.807, 2.05) is 0 Å². The quantitative estimate of drug-likeness (QED) is 0.710. The standard InChI is InChI=1S/C11H12Cl3NO5S2/c12-9-1-3-10(4-2-9)21(16,17)11(13,14)22(18,19)15-5-7-20-8-6-15/h1-4H,5-8H2. The second kappa shape index (κ2) is 6.43. The van der Waals surface area contributed by atoms with Crippen LogP contribution < -0.4 is 0 Å². The lowest BCUT2D eigenvalue weighted by Gasteiger charge is -2.31. The Kier molecular flexibility index (Phi) is 5.33. The van der Waals surface area contributed by atoms with Gasteiger partial charge in [0.15, 0.2) is 0 Å². The Balaban J connectivity index is 2.45. The van der Waals surface area contributed by atoms with Crippen LogP contribution in [0.5, 0.6) is 0 Å². The summed E-state index contributed by atoms with van der Waals surface area (Å²) in [7, 11) is -9.07. The predicted octanol–water partition coefficient (Wildman–Crippen LogP) is 1.86. The second-order valence-electron chi connectivity index (χ2n) is 4.44. The third-order valence-corrected chi connectivity index (χ3v) is 10.1. The largest absolute Gasteiger partial charge is 0.379 e.